The first kappa shape index (κ1) is 14.3. The molecule has 0 aromatic heterocycles. The largest absolute Gasteiger partial charge is 0.343 e. The van der Waals surface area contributed by atoms with E-state index >= 15 is 0 Å². The molecule has 0 aromatic carbocycles. The van der Waals surface area contributed by atoms with Gasteiger partial charge in [-0.2, -0.15) is 0 Å². The number of sulfone groups is 1. The number of piperazine rings is 1. The second-order valence-electron chi connectivity index (χ2n) is 5.27. The minimum Gasteiger partial charge on any atom is -0.343 e. The quantitative estimate of drug-likeness (QED) is 0.772. The van der Waals surface area contributed by atoms with Crippen LogP contribution in [-0.4, -0.2) is 54.8 Å². The molecule has 0 bridgehead atoms. The second kappa shape index (κ2) is 5.11. The lowest BCUT2D eigenvalue weighted by Crippen LogP contribution is -2.63. The molecule has 2 saturated heterocycles. The molecule has 2 rings (SSSR count). The van der Waals surface area contributed by atoms with Crippen LogP contribution in [0.2, 0.25) is 0 Å². The first-order valence-electron chi connectivity index (χ1n) is 6.69. The third-order valence-electron chi connectivity index (χ3n) is 4.02. The van der Waals surface area contributed by atoms with Crippen LogP contribution in [0.5, 0.6) is 0 Å². The maximum Gasteiger partial charge on any atom is 0.245 e. The molecule has 6 nitrogen and oxygen atoms in total. The molecule has 108 valence electrons. The van der Waals surface area contributed by atoms with Gasteiger partial charge in [-0.3, -0.25) is 9.59 Å². The molecule has 0 aromatic rings. The summed E-state index contributed by atoms with van der Waals surface area (Å²) in [6.45, 7) is 3.61. The van der Waals surface area contributed by atoms with E-state index in [-0.39, 0.29) is 24.1 Å². The van der Waals surface area contributed by atoms with Crippen molar-refractivity contribution >= 4 is 21.7 Å². The van der Waals surface area contributed by atoms with Crippen LogP contribution in [0.25, 0.3) is 0 Å². The van der Waals surface area contributed by atoms with E-state index in [1.807, 2.05) is 6.92 Å². The molecule has 1 N–H and O–H groups in total. The van der Waals surface area contributed by atoms with Gasteiger partial charge in [-0.05, 0) is 26.2 Å². The first-order valence-corrected chi connectivity index (χ1v) is 8.40. The molecule has 0 radical (unpaired) electrons. The molecule has 2 amide bonds. The fourth-order valence-electron chi connectivity index (χ4n) is 2.69. The van der Waals surface area contributed by atoms with Crippen molar-refractivity contribution in [3.05, 3.63) is 0 Å². The van der Waals surface area contributed by atoms with Crippen molar-refractivity contribution < 1.29 is 18.0 Å². The molecule has 2 heterocycles. The van der Waals surface area contributed by atoms with Crippen LogP contribution in [0.15, 0.2) is 0 Å². The third kappa shape index (κ3) is 2.61. The minimum absolute atomic E-state index is 0.145. The topological polar surface area (TPSA) is 83.6 Å². The highest BCUT2D eigenvalue weighted by Gasteiger charge is 2.41. The average molecular weight is 288 g/mol. The molecule has 2 fully saturated rings. The lowest BCUT2D eigenvalue weighted by molar-refractivity contribution is -0.148. The maximum atomic E-state index is 12.2. The van der Waals surface area contributed by atoms with Crippen molar-refractivity contribution in [2.24, 2.45) is 0 Å². The maximum absolute atomic E-state index is 12.2. The summed E-state index contributed by atoms with van der Waals surface area (Å²) in [6.07, 6.45) is 1.75. The van der Waals surface area contributed by atoms with Crippen LogP contribution >= 0.6 is 0 Å². The van der Waals surface area contributed by atoms with Crippen LogP contribution < -0.4 is 5.32 Å². The fraction of sp³-hybridized carbons (Fsp3) is 0.833. The molecule has 0 aliphatic carbocycles. The second-order valence-corrected chi connectivity index (χ2v) is 7.67. The lowest BCUT2D eigenvalue weighted by Gasteiger charge is -2.38. The van der Waals surface area contributed by atoms with E-state index in [4.69, 9.17) is 0 Å². The van der Waals surface area contributed by atoms with Gasteiger partial charge in [-0.1, -0.05) is 6.92 Å². The molecule has 2 aliphatic rings. The number of amides is 2. The number of carbonyl (C=O) groups is 2. The zero-order valence-corrected chi connectivity index (χ0v) is 12.1. The van der Waals surface area contributed by atoms with Crippen molar-refractivity contribution in [1.29, 1.82) is 0 Å². The summed E-state index contributed by atoms with van der Waals surface area (Å²) in [7, 11) is -3.10. The van der Waals surface area contributed by atoms with Crippen LogP contribution in [0.3, 0.4) is 0 Å². The Hall–Kier alpha value is -1.11. The molecular formula is C12H20N2O4S. The normalized spacial score (nSPS) is 34.4. The van der Waals surface area contributed by atoms with E-state index < -0.39 is 27.2 Å². The Labute approximate surface area is 113 Å². The molecule has 19 heavy (non-hydrogen) atoms. The van der Waals surface area contributed by atoms with Crippen LogP contribution in [-0.2, 0) is 19.4 Å². The number of carbonyl (C=O) groups excluding carboxylic acids is 2. The van der Waals surface area contributed by atoms with E-state index in [1.54, 1.807) is 6.92 Å². The summed E-state index contributed by atoms with van der Waals surface area (Å²) in [5.41, 5.74) is 0. The van der Waals surface area contributed by atoms with Crippen molar-refractivity contribution in [3.63, 3.8) is 0 Å². The van der Waals surface area contributed by atoms with Gasteiger partial charge in [0.2, 0.25) is 11.8 Å². The monoisotopic (exact) mass is 288 g/mol. The van der Waals surface area contributed by atoms with Crippen molar-refractivity contribution in [1.82, 2.24) is 10.2 Å². The van der Waals surface area contributed by atoms with Crippen molar-refractivity contribution in [2.75, 3.05) is 12.3 Å². The molecule has 3 unspecified atom stereocenters. The number of hydrogen-bond donors (Lipinski definition) is 1. The Kier molecular flexibility index (Phi) is 3.85. The number of nitrogens with zero attached hydrogens (tertiary/aromatic N) is 1. The summed E-state index contributed by atoms with van der Waals surface area (Å²) in [4.78, 5) is 25.5. The zero-order valence-electron chi connectivity index (χ0n) is 11.3. The fourth-order valence-corrected chi connectivity index (χ4v) is 4.51. The highest BCUT2D eigenvalue weighted by Crippen LogP contribution is 2.23. The lowest BCUT2D eigenvalue weighted by atomic mass is 10.1. The van der Waals surface area contributed by atoms with E-state index in [1.165, 1.54) is 4.90 Å². The molecule has 0 saturated carbocycles. The molecule has 7 heteroatoms. The van der Waals surface area contributed by atoms with Gasteiger partial charge in [0.05, 0.1) is 11.0 Å². The predicted molar refractivity (Wildman–Crippen MR) is 70.2 cm³/mol. The number of nitrogens with one attached hydrogen (secondary N) is 1. The summed E-state index contributed by atoms with van der Waals surface area (Å²) in [5.74, 6) is -0.184. The Morgan fingerprint density at radius 2 is 2.05 bits per heavy atom. The predicted octanol–water partition coefficient (Wildman–Crippen LogP) is -0.311. The van der Waals surface area contributed by atoms with Gasteiger partial charge < -0.3 is 10.2 Å². The van der Waals surface area contributed by atoms with Gasteiger partial charge in [-0.25, -0.2) is 8.42 Å². The molecular weight excluding hydrogens is 268 g/mol. The summed E-state index contributed by atoms with van der Waals surface area (Å²) < 4.78 is 23.7. The Morgan fingerprint density at radius 3 is 2.58 bits per heavy atom. The molecule has 2 aliphatic heterocycles. The van der Waals surface area contributed by atoms with Gasteiger partial charge in [0, 0.05) is 6.54 Å². The summed E-state index contributed by atoms with van der Waals surface area (Å²) >= 11 is 0. The van der Waals surface area contributed by atoms with Gasteiger partial charge in [-0.15, -0.1) is 0 Å². The van der Waals surface area contributed by atoms with Gasteiger partial charge in [0.1, 0.15) is 12.1 Å². The van der Waals surface area contributed by atoms with Gasteiger partial charge in [0.25, 0.3) is 0 Å². The zero-order chi connectivity index (χ0) is 14.2. The number of rotatable bonds is 3. The third-order valence-corrected chi connectivity index (χ3v) is 6.27. The van der Waals surface area contributed by atoms with Gasteiger partial charge >= 0.3 is 0 Å². The van der Waals surface area contributed by atoms with E-state index in [0.29, 0.717) is 19.3 Å². The SMILES string of the molecule is CCC1NC(=O)C(C)N(CC2CCCS2(=O)=O)C1=O. The highest BCUT2D eigenvalue weighted by molar-refractivity contribution is 7.92. The standard InChI is InChI=1S/C12H20N2O4S/c1-3-10-12(16)14(8(2)11(15)13-10)7-9-5-4-6-19(9,17)18/h8-10H,3-7H2,1-2H3,(H,13,15). The summed E-state index contributed by atoms with van der Waals surface area (Å²) in [5, 5.41) is 2.15. The number of hydrogen-bond acceptors (Lipinski definition) is 4. The Bertz CT molecular complexity index is 488. The summed E-state index contributed by atoms with van der Waals surface area (Å²) in [6, 6.07) is -1.11. The smallest absolute Gasteiger partial charge is 0.245 e. The van der Waals surface area contributed by atoms with E-state index in [0.717, 1.165) is 0 Å². The van der Waals surface area contributed by atoms with Gasteiger partial charge in [0.15, 0.2) is 9.84 Å². The van der Waals surface area contributed by atoms with Crippen LogP contribution in [0.1, 0.15) is 33.1 Å². The highest BCUT2D eigenvalue weighted by atomic mass is 32.2. The molecule has 3 atom stereocenters. The van der Waals surface area contributed by atoms with Crippen molar-refractivity contribution in [2.45, 2.75) is 50.4 Å². The van der Waals surface area contributed by atoms with Crippen molar-refractivity contribution in [3.8, 4) is 0 Å². The first-order chi connectivity index (χ1) is 8.86. The average Bonchev–Trinajstić information content (AvgIpc) is 2.68. The van der Waals surface area contributed by atoms with E-state index in [9.17, 15) is 18.0 Å². The Balaban J connectivity index is 2.17. The van der Waals surface area contributed by atoms with E-state index in [2.05, 4.69) is 5.32 Å². The van der Waals surface area contributed by atoms with Crippen LogP contribution in [0, 0.1) is 0 Å². The minimum atomic E-state index is -3.10. The van der Waals surface area contributed by atoms with Crippen LogP contribution in [0.4, 0.5) is 0 Å². The Morgan fingerprint density at radius 1 is 1.37 bits per heavy atom. The molecule has 0 spiro atoms.